The summed E-state index contributed by atoms with van der Waals surface area (Å²) in [4.78, 5) is 25.0. The minimum Gasteiger partial charge on any atom is -0.478 e. The maximum absolute atomic E-state index is 11.8. The van der Waals surface area contributed by atoms with E-state index in [-0.39, 0.29) is 11.9 Å². The number of aromatic carboxylic acids is 1. The number of hydrogen-bond donors (Lipinski definition) is 1. The number of likely N-dealkylation sites (tertiary alicyclic amines) is 1. The van der Waals surface area contributed by atoms with Gasteiger partial charge >= 0.3 is 11.9 Å². The van der Waals surface area contributed by atoms with Crippen LogP contribution in [0.4, 0.5) is 0 Å². The van der Waals surface area contributed by atoms with E-state index in [0.29, 0.717) is 25.3 Å². The van der Waals surface area contributed by atoms with E-state index in [9.17, 15) is 9.59 Å². The number of ether oxygens (including phenoxy) is 1. The molecular weight excluding hydrogens is 270 g/mol. The second-order valence-corrected chi connectivity index (χ2v) is 5.33. The summed E-state index contributed by atoms with van der Waals surface area (Å²) in [7, 11) is 0. The first-order chi connectivity index (χ1) is 10.1. The molecular formula is C16H21NO4. The topological polar surface area (TPSA) is 66.8 Å². The highest BCUT2D eigenvalue weighted by molar-refractivity contribution is 5.87. The van der Waals surface area contributed by atoms with E-state index in [1.807, 2.05) is 13.0 Å². The van der Waals surface area contributed by atoms with Crippen LogP contribution in [0.25, 0.3) is 0 Å². The van der Waals surface area contributed by atoms with E-state index >= 15 is 0 Å². The molecule has 0 radical (unpaired) electrons. The summed E-state index contributed by atoms with van der Waals surface area (Å²) in [6.07, 6.45) is 1.83. The molecule has 0 saturated carbocycles. The number of carbonyl (C=O) groups is 2. The molecule has 5 heteroatoms. The van der Waals surface area contributed by atoms with Gasteiger partial charge in [-0.25, -0.2) is 4.79 Å². The molecule has 0 aromatic heterocycles. The molecule has 114 valence electrons. The van der Waals surface area contributed by atoms with Crippen LogP contribution < -0.4 is 0 Å². The highest BCUT2D eigenvalue weighted by atomic mass is 16.5. The van der Waals surface area contributed by atoms with E-state index in [2.05, 4.69) is 4.90 Å². The Labute approximate surface area is 124 Å². The van der Waals surface area contributed by atoms with Crippen molar-refractivity contribution >= 4 is 11.9 Å². The van der Waals surface area contributed by atoms with Gasteiger partial charge in [0, 0.05) is 13.1 Å². The van der Waals surface area contributed by atoms with Gasteiger partial charge < -0.3 is 9.84 Å². The van der Waals surface area contributed by atoms with Crippen LogP contribution in [0.3, 0.4) is 0 Å². The highest BCUT2D eigenvalue weighted by Crippen LogP contribution is 2.20. The summed E-state index contributed by atoms with van der Waals surface area (Å²) in [5.41, 5.74) is 1.26. The van der Waals surface area contributed by atoms with Crippen LogP contribution in [0.5, 0.6) is 0 Å². The summed E-state index contributed by atoms with van der Waals surface area (Å²) in [6, 6.07) is 6.95. The molecule has 1 heterocycles. The Hall–Kier alpha value is -1.88. The van der Waals surface area contributed by atoms with Gasteiger partial charge in [0.25, 0.3) is 0 Å². The van der Waals surface area contributed by atoms with Crippen molar-refractivity contribution in [1.29, 1.82) is 0 Å². The second-order valence-electron chi connectivity index (χ2n) is 5.33. The molecule has 21 heavy (non-hydrogen) atoms. The number of rotatable bonds is 5. The van der Waals surface area contributed by atoms with Crippen molar-refractivity contribution < 1.29 is 19.4 Å². The molecule has 1 N–H and O–H groups in total. The molecule has 1 fully saturated rings. The monoisotopic (exact) mass is 291 g/mol. The van der Waals surface area contributed by atoms with Gasteiger partial charge in [-0.1, -0.05) is 12.1 Å². The second kappa shape index (κ2) is 7.22. The van der Waals surface area contributed by atoms with Crippen molar-refractivity contribution in [2.75, 3.05) is 19.7 Å². The van der Waals surface area contributed by atoms with Crippen molar-refractivity contribution in [1.82, 2.24) is 4.90 Å². The zero-order chi connectivity index (χ0) is 15.2. The molecule has 5 nitrogen and oxygen atoms in total. The summed E-state index contributed by atoms with van der Waals surface area (Å²) in [5, 5.41) is 9.01. The van der Waals surface area contributed by atoms with Crippen LogP contribution in [-0.2, 0) is 16.1 Å². The SMILES string of the molecule is CCOC(=O)[C@@H]1CCCN(Cc2cccc(C(=O)O)c2)C1. The number of carboxylic acid groups (broad SMARTS) is 1. The Kier molecular flexibility index (Phi) is 5.33. The van der Waals surface area contributed by atoms with Gasteiger partial charge in [-0.2, -0.15) is 0 Å². The maximum Gasteiger partial charge on any atom is 0.335 e. The molecule has 1 saturated heterocycles. The number of carbonyl (C=O) groups excluding carboxylic acids is 1. The van der Waals surface area contributed by atoms with Crippen molar-refractivity contribution in [3.8, 4) is 0 Å². The predicted molar refractivity (Wildman–Crippen MR) is 78.0 cm³/mol. The third-order valence-electron chi connectivity index (χ3n) is 3.71. The fourth-order valence-electron chi connectivity index (χ4n) is 2.71. The van der Waals surface area contributed by atoms with Crippen molar-refractivity contribution in [2.45, 2.75) is 26.3 Å². The summed E-state index contributed by atoms with van der Waals surface area (Å²) in [5.74, 6) is -1.11. The van der Waals surface area contributed by atoms with Gasteiger partial charge in [0.05, 0.1) is 18.1 Å². The molecule has 0 spiro atoms. The van der Waals surface area contributed by atoms with Crippen LogP contribution in [0.2, 0.25) is 0 Å². The van der Waals surface area contributed by atoms with Crippen molar-refractivity contribution in [3.05, 3.63) is 35.4 Å². The summed E-state index contributed by atoms with van der Waals surface area (Å²) < 4.78 is 5.09. The number of nitrogens with zero attached hydrogens (tertiary/aromatic N) is 1. The fraction of sp³-hybridized carbons (Fsp3) is 0.500. The zero-order valence-corrected chi connectivity index (χ0v) is 12.2. The highest BCUT2D eigenvalue weighted by Gasteiger charge is 2.26. The van der Waals surface area contributed by atoms with E-state index in [0.717, 1.165) is 24.9 Å². The van der Waals surface area contributed by atoms with E-state index < -0.39 is 5.97 Å². The van der Waals surface area contributed by atoms with Crippen molar-refractivity contribution in [3.63, 3.8) is 0 Å². The van der Waals surface area contributed by atoms with Crippen molar-refractivity contribution in [2.24, 2.45) is 5.92 Å². The molecule has 1 aromatic carbocycles. The van der Waals surface area contributed by atoms with Crippen LogP contribution in [0.15, 0.2) is 24.3 Å². The number of piperidine rings is 1. The average molecular weight is 291 g/mol. The smallest absolute Gasteiger partial charge is 0.335 e. The van der Waals surface area contributed by atoms with Crippen LogP contribution >= 0.6 is 0 Å². The van der Waals surface area contributed by atoms with Gasteiger partial charge in [-0.15, -0.1) is 0 Å². The number of benzene rings is 1. The molecule has 1 aromatic rings. The predicted octanol–water partition coefficient (Wildman–Crippen LogP) is 2.16. The maximum atomic E-state index is 11.8. The normalized spacial score (nSPS) is 19.2. The third kappa shape index (κ3) is 4.29. The van der Waals surface area contributed by atoms with Gasteiger partial charge in [0.2, 0.25) is 0 Å². The van der Waals surface area contributed by atoms with Gasteiger partial charge in [0.1, 0.15) is 0 Å². The standard InChI is InChI=1S/C16H21NO4/c1-2-21-16(20)14-7-4-8-17(11-14)10-12-5-3-6-13(9-12)15(18)19/h3,5-6,9,14H,2,4,7-8,10-11H2,1H3,(H,18,19)/t14-/m1/s1. The largest absolute Gasteiger partial charge is 0.478 e. The quantitative estimate of drug-likeness (QED) is 0.842. The minimum atomic E-state index is -0.917. The Balaban J connectivity index is 1.97. The molecule has 0 unspecified atom stereocenters. The average Bonchev–Trinajstić information content (AvgIpc) is 2.48. The fourth-order valence-corrected chi connectivity index (χ4v) is 2.71. The summed E-state index contributed by atoms with van der Waals surface area (Å²) in [6.45, 7) is 4.49. The third-order valence-corrected chi connectivity index (χ3v) is 3.71. The van der Waals surface area contributed by atoms with Gasteiger partial charge in [0.15, 0.2) is 0 Å². The number of carboxylic acids is 1. The lowest BCUT2D eigenvalue weighted by molar-refractivity contribution is -0.150. The Morgan fingerprint density at radius 3 is 2.95 bits per heavy atom. The molecule has 0 amide bonds. The first-order valence-electron chi connectivity index (χ1n) is 7.31. The Bertz CT molecular complexity index is 515. The van der Waals surface area contributed by atoms with E-state index in [4.69, 9.17) is 9.84 Å². The van der Waals surface area contributed by atoms with E-state index in [1.54, 1.807) is 18.2 Å². The number of esters is 1. The Morgan fingerprint density at radius 1 is 1.43 bits per heavy atom. The van der Waals surface area contributed by atoms with Gasteiger partial charge in [-0.05, 0) is 44.0 Å². The van der Waals surface area contributed by atoms with E-state index in [1.165, 1.54) is 0 Å². The molecule has 1 aliphatic rings. The number of hydrogen-bond acceptors (Lipinski definition) is 4. The lowest BCUT2D eigenvalue weighted by atomic mass is 9.97. The minimum absolute atomic E-state index is 0.0682. The Morgan fingerprint density at radius 2 is 2.24 bits per heavy atom. The molecule has 1 atom stereocenters. The molecule has 2 rings (SSSR count). The first-order valence-corrected chi connectivity index (χ1v) is 7.31. The van der Waals surface area contributed by atoms with Crippen LogP contribution in [-0.4, -0.2) is 41.6 Å². The van der Waals surface area contributed by atoms with Crippen LogP contribution in [0, 0.1) is 5.92 Å². The molecule has 0 aliphatic carbocycles. The lowest BCUT2D eigenvalue weighted by Gasteiger charge is -2.31. The first kappa shape index (κ1) is 15.5. The molecule has 0 bridgehead atoms. The van der Waals surface area contributed by atoms with Crippen LogP contribution in [0.1, 0.15) is 35.7 Å². The zero-order valence-electron chi connectivity index (χ0n) is 12.2. The van der Waals surface area contributed by atoms with Gasteiger partial charge in [-0.3, -0.25) is 9.69 Å². The lowest BCUT2D eigenvalue weighted by Crippen LogP contribution is -2.38. The molecule has 1 aliphatic heterocycles. The summed E-state index contributed by atoms with van der Waals surface area (Å²) >= 11 is 0.